The molecule has 2 heterocycles. The third kappa shape index (κ3) is 1.70. The van der Waals surface area contributed by atoms with Gasteiger partial charge in [0.15, 0.2) is 0 Å². The minimum atomic E-state index is 0.141. The number of aromatic nitrogens is 2. The lowest BCUT2D eigenvalue weighted by atomic mass is 10.3. The Morgan fingerprint density at radius 3 is 3.08 bits per heavy atom. The van der Waals surface area contributed by atoms with Gasteiger partial charge in [0.05, 0.1) is 18.8 Å². The van der Waals surface area contributed by atoms with E-state index < -0.39 is 0 Å². The molecule has 1 aliphatic heterocycles. The van der Waals surface area contributed by atoms with E-state index in [1.807, 2.05) is 15.6 Å². The Morgan fingerprint density at radius 1 is 1.62 bits per heavy atom. The molecule has 1 aromatic rings. The highest BCUT2D eigenvalue weighted by Gasteiger charge is 2.18. The van der Waals surface area contributed by atoms with Crippen LogP contribution in [0.3, 0.4) is 0 Å². The van der Waals surface area contributed by atoms with Crippen molar-refractivity contribution in [3.63, 3.8) is 0 Å². The maximum Gasteiger partial charge on any atom is 0.219 e. The molecular weight excluding hydrogens is 281 g/mol. The van der Waals surface area contributed by atoms with Crippen molar-refractivity contribution in [2.24, 2.45) is 0 Å². The van der Waals surface area contributed by atoms with Crippen LogP contribution in [0.25, 0.3) is 0 Å². The fraction of sp³-hybridized carbons (Fsp3) is 0.500. The average molecular weight is 291 g/mol. The van der Waals surface area contributed by atoms with E-state index in [1.165, 1.54) is 0 Å². The molecule has 0 spiro atoms. The van der Waals surface area contributed by atoms with Crippen molar-refractivity contribution in [3.8, 4) is 0 Å². The van der Waals surface area contributed by atoms with Gasteiger partial charge in [0.2, 0.25) is 5.91 Å². The second kappa shape index (κ2) is 3.28. The monoisotopic (exact) mass is 291 g/mol. The molecule has 0 unspecified atom stereocenters. The second-order valence-corrected chi connectivity index (χ2v) is 4.23. The highest BCUT2D eigenvalue weighted by atomic mass is 127. The van der Waals surface area contributed by atoms with Crippen LogP contribution in [0.5, 0.6) is 0 Å². The smallest absolute Gasteiger partial charge is 0.219 e. The summed E-state index contributed by atoms with van der Waals surface area (Å²) in [7, 11) is 0. The molecule has 13 heavy (non-hydrogen) atoms. The summed E-state index contributed by atoms with van der Waals surface area (Å²) in [6.45, 7) is 3.90. The SMILES string of the molecule is CC(=O)N1CCn2nc(I)cc2C1. The molecule has 1 aromatic heterocycles. The summed E-state index contributed by atoms with van der Waals surface area (Å²) in [5.74, 6) is 0.141. The Bertz CT molecular complexity index is 347. The van der Waals surface area contributed by atoms with Gasteiger partial charge in [-0.05, 0) is 28.7 Å². The van der Waals surface area contributed by atoms with Gasteiger partial charge in [0, 0.05) is 13.5 Å². The first-order valence-electron chi connectivity index (χ1n) is 4.14. The molecule has 0 saturated carbocycles. The van der Waals surface area contributed by atoms with Crippen molar-refractivity contribution < 1.29 is 4.79 Å². The number of carbonyl (C=O) groups excluding carboxylic acids is 1. The molecule has 0 aliphatic carbocycles. The molecule has 1 aliphatic rings. The van der Waals surface area contributed by atoms with Gasteiger partial charge in [-0.1, -0.05) is 0 Å². The van der Waals surface area contributed by atoms with Crippen molar-refractivity contribution in [3.05, 3.63) is 15.5 Å². The van der Waals surface area contributed by atoms with E-state index in [0.717, 1.165) is 22.5 Å². The van der Waals surface area contributed by atoms with Crippen LogP contribution in [-0.2, 0) is 17.9 Å². The zero-order chi connectivity index (χ0) is 9.42. The molecule has 70 valence electrons. The number of hydrogen-bond donors (Lipinski definition) is 0. The topological polar surface area (TPSA) is 38.1 Å². The van der Waals surface area contributed by atoms with Gasteiger partial charge in [-0.2, -0.15) is 5.10 Å². The molecule has 0 N–H and O–H groups in total. The summed E-state index contributed by atoms with van der Waals surface area (Å²) in [5, 5.41) is 4.31. The highest BCUT2D eigenvalue weighted by molar-refractivity contribution is 14.1. The van der Waals surface area contributed by atoms with Gasteiger partial charge >= 0.3 is 0 Å². The van der Waals surface area contributed by atoms with Gasteiger partial charge in [0.1, 0.15) is 3.70 Å². The number of rotatable bonds is 0. The molecule has 5 heteroatoms. The van der Waals surface area contributed by atoms with Crippen molar-refractivity contribution in [2.45, 2.75) is 20.0 Å². The first-order valence-corrected chi connectivity index (χ1v) is 5.22. The Hall–Kier alpha value is -0.590. The summed E-state index contributed by atoms with van der Waals surface area (Å²) in [6.07, 6.45) is 0. The molecule has 0 fully saturated rings. The number of hydrogen-bond acceptors (Lipinski definition) is 2. The van der Waals surface area contributed by atoms with Crippen LogP contribution >= 0.6 is 22.6 Å². The van der Waals surface area contributed by atoms with Crippen LogP contribution < -0.4 is 0 Å². The van der Waals surface area contributed by atoms with Crippen LogP contribution in [0.4, 0.5) is 0 Å². The average Bonchev–Trinajstić information content (AvgIpc) is 2.42. The first kappa shape index (κ1) is 8.98. The maximum absolute atomic E-state index is 11.1. The quantitative estimate of drug-likeness (QED) is 0.665. The van der Waals surface area contributed by atoms with E-state index in [1.54, 1.807) is 6.92 Å². The number of carbonyl (C=O) groups is 1. The van der Waals surface area contributed by atoms with E-state index in [0.29, 0.717) is 6.54 Å². The van der Waals surface area contributed by atoms with Gasteiger partial charge in [-0.3, -0.25) is 9.48 Å². The third-order valence-corrected chi connectivity index (χ3v) is 2.74. The number of nitrogens with zero attached hydrogens (tertiary/aromatic N) is 3. The number of halogens is 1. The van der Waals surface area contributed by atoms with Gasteiger partial charge < -0.3 is 4.90 Å². The van der Waals surface area contributed by atoms with Crippen LogP contribution in [0, 0.1) is 3.70 Å². The number of amides is 1. The standard InChI is InChI=1S/C8H10IN3O/c1-6(13)11-2-3-12-7(5-11)4-8(9)10-12/h4H,2-3,5H2,1H3. The fourth-order valence-electron chi connectivity index (χ4n) is 1.50. The summed E-state index contributed by atoms with van der Waals surface area (Å²) >= 11 is 2.19. The molecule has 0 saturated heterocycles. The summed E-state index contributed by atoms with van der Waals surface area (Å²) < 4.78 is 2.97. The Labute approximate surface area is 90.0 Å². The lowest BCUT2D eigenvalue weighted by Gasteiger charge is -2.26. The second-order valence-electron chi connectivity index (χ2n) is 3.12. The van der Waals surface area contributed by atoms with Gasteiger partial charge in [-0.25, -0.2) is 0 Å². The predicted molar refractivity (Wildman–Crippen MR) is 56.0 cm³/mol. The molecule has 4 nitrogen and oxygen atoms in total. The van der Waals surface area contributed by atoms with E-state index in [9.17, 15) is 4.79 Å². The Morgan fingerprint density at radius 2 is 2.38 bits per heavy atom. The van der Waals surface area contributed by atoms with E-state index in [2.05, 4.69) is 27.7 Å². The number of fused-ring (bicyclic) bond motifs is 1. The van der Waals surface area contributed by atoms with Crippen molar-refractivity contribution in [1.29, 1.82) is 0 Å². The van der Waals surface area contributed by atoms with Crippen LogP contribution in [0.1, 0.15) is 12.6 Å². The van der Waals surface area contributed by atoms with E-state index in [-0.39, 0.29) is 5.91 Å². The molecule has 2 rings (SSSR count). The van der Waals surface area contributed by atoms with Crippen LogP contribution in [0.15, 0.2) is 6.07 Å². The van der Waals surface area contributed by atoms with Crippen molar-refractivity contribution >= 4 is 28.5 Å². The minimum absolute atomic E-state index is 0.141. The molecular formula is C8H10IN3O. The van der Waals surface area contributed by atoms with Gasteiger partial charge in [-0.15, -0.1) is 0 Å². The van der Waals surface area contributed by atoms with E-state index in [4.69, 9.17) is 0 Å². The molecule has 0 bridgehead atoms. The fourth-order valence-corrected chi connectivity index (χ4v) is 2.12. The summed E-state index contributed by atoms with van der Waals surface area (Å²) in [5.41, 5.74) is 1.13. The summed E-state index contributed by atoms with van der Waals surface area (Å²) in [6, 6.07) is 2.02. The lowest BCUT2D eigenvalue weighted by Crippen LogP contribution is -2.36. The minimum Gasteiger partial charge on any atom is -0.335 e. The largest absolute Gasteiger partial charge is 0.335 e. The molecule has 0 atom stereocenters. The molecule has 0 aromatic carbocycles. The maximum atomic E-state index is 11.1. The third-order valence-electron chi connectivity index (χ3n) is 2.21. The summed E-state index contributed by atoms with van der Waals surface area (Å²) in [4.78, 5) is 13.0. The zero-order valence-corrected chi connectivity index (χ0v) is 9.48. The van der Waals surface area contributed by atoms with Gasteiger partial charge in [0.25, 0.3) is 0 Å². The molecule has 1 amide bonds. The lowest BCUT2D eigenvalue weighted by molar-refractivity contribution is -0.130. The molecule has 0 radical (unpaired) electrons. The Balaban J connectivity index is 2.24. The normalized spacial score (nSPS) is 15.7. The first-order chi connectivity index (χ1) is 6.16. The zero-order valence-electron chi connectivity index (χ0n) is 7.33. The highest BCUT2D eigenvalue weighted by Crippen LogP contribution is 2.14. The van der Waals surface area contributed by atoms with Crippen molar-refractivity contribution in [1.82, 2.24) is 14.7 Å². The predicted octanol–water partition coefficient (Wildman–Crippen LogP) is 0.850. The Kier molecular flexibility index (Phi) is 2.27. The van der Waals surface area contributed by atoms with Crippen LogP contribution in [0.2, 0.25) is 0 Å². The van der Waals surface area contributed by atoms with E-state index >= 15 is 0 Å². The van der Waals surface area contributed by atoms with Crippen molar-refractivity contribution in [2.75, 3.05) is 6.54 Å². The van der Waals surface area contributed by atoms with Crippen LogP contribution in [-0.4, -0.2) is 27.1 Å².